The van der Waals surface area contributed by atoms with Crippen LogP contribution in [0.25, 0.3) is 0 Å². The number of imide groups is 1. The molecule has 0 unspecified atom stereocenters. The van der Waals surface area contributed by atoms with Crippen molar-refractivity contribution in [2.45, 2.75) is 32.2 Å². The molecule has 3 fully saturated rings. The standard InChI is InChI=1S/C18H18BrClN2O3/c1-8(16(23)21-11-4-5-12(19)13(20)7-11)22-17(24)14-9-2-3-10(6-9)15(14)18(22)25/h4-5,7-10,14-15H,2-3,6H2,1H3,(H,21,23)/t8-,9-,10+,14-,15-/m0/s1. The van der Waals surface area contributed by atoms with E-state index in [2.05, 4.69) is 21.2 Å². The van der Waals surface area contributed by atoms with Crippen LogP contribution in [0.1, 0.15) is 26.2 Å². The number of carbonyl (C=O) groups excluding carboxylic acids is 3. The van der Waals surface area contributed by atoms with Crippen LogP contribution in [-0.4, -0.2) is 28.7 Å². The number of nitrogens with zero attached hydrogens (tertiary/aromatic N) is 1. The molecule has 2 saturated carbocycles. The molecule has 7 heteroatoms. The molecule has 4 rings (SSSR count). The Bertz CT molecular complexity index is 756. The molecule has 2 bridgehead atoms. The minimum atomic E-state index is -0.826. The Hall–Kier alpha value is -1.40. The number of nitrogens with one attached hydrogen (secondary N) is 1. The molecule has 1 N–H and O–H groups in total. The number of hydrogen-bond acceptors (Lipinski definition) is 3. The Morgan fingerprint density at radius 3 is 2.40 bits per heavy atom. The fourth-order valence-electron chi connectivity index (χ4n) is 4.75. The molecule has 3 aliphatic rings. The molecule has 1 heterocycles. The molecule has 0 radical (unpaired) electrons. The van der Waals surface area contributed by atoms with Gasteiger partial charge in [0.05, 0.1) is 16.9 Å². The molecule has 5 atom stereocenters. The van der Waals surface area contributed by atoms with Gasteiger partial charge in [0.2, 0.25) is 17.7 Å². The van der Waals surface area contributed by atoms with E-state index < -0.39 is 6.04 Å². The van der Waals surface area contributed by atoms with Gasteiger partial charge in [0.25, 0.3) is 0 Å². The van der Waals surface area contributed by atoms with Crippen molar-refractivity contribution in [3.8, 4) is 0 Å². The number of anilines is 1. The number of carbonyl (C=O) groups is 3. The highest BCUT2D eigenvalue weighted by Crippen LogP contribution is 2.56. The summed E-state index contributed by atoms with van der Waals surface area (Å²) >= 11 is 9.33. The zero-order chi connectivity index (χ0) is 17.9. The van der Waals surface area contributed by atoms with Gasteiger partial charge in [-0.3, -0.25) is 19.3 Å². The van der Waals surface area contributed by atoms with E-state index in [1.165, 1.54) is 4.90 Å². The van der Waals surface area contributed by atoms with E-state index in [4.69, 9.17) is 11.6 Å². The predicted octanol–water partition coefficient (Wildman–Crippen LogP) is 3.46. The van der Waals surface area contributed by atoms with Crippen molar-refractivity contribution in [1.82, 2.24) is 4.90 Å². The minimum absolute atomic E-state index is 0.168. The summed E-state index contributed by atoms with van der Waals surface area (Å²) < 4.78 is 0.730. The molecule has 1 saturated heterocycles. The van der Waals surface area contributed by atoms with Crippen LogP contribution < -0.4 is 5.32 Å². The Balaban J connectivity index is 1.51. The Labute approximate surface area is 159 Å². The molecule has 1 aliphatic heterocycles. The van der Waals surface area contributed by atoms with Crippen molar-refractivity contribution in [2.24, 2.45) is 23.7 Å². The molecule has 25 heavy (non-hydrogen) atoms. The quantitative estimate of drug-likeness (QED) is 0.754. The number of benzene rings is 1. The summed E-state index contributed by atoms with van der Waals surface area (Å²) in [5, 5.41) is 3.22. The molecule has 0 spiro atoms. The first-order valence-corrected chi connectivity index (χ1v) is 9.68. The number of rotatable bonds is 3. The zero-order valence-corrected chi connectivity index (χ0v) is 16.0. The van der Waals surface area contributed by atoms with Crippen LogP contribution in [0.15, 0.2) is 22.7 Å². The van der Waals surface area contributed by atoms with Crippen LogP contribution >= 0.6 is 27.5 Å². The Kier molecular flexibility index (Phi) is 4.15. The van der Waals surface area contributed by atoms with Gasteiger partial charge in [0, 0.05) is 10.2 Å². The average molecular weight is 426 g/mol. The van der Waals surface area contributed by atoms with Gasteiger partial charge in [-0.15, -0.1) is 0 Å². The van der Waals surface area contributed by atoms with E-state index in [0.717, 1.165) is 23.7 Å². The second kappa shape index (κ2) is 6.09. The summed E-state index contributed by atoms with van der Waals surface area (Å²) in [6, 6.07) is 4.24. The lowest BCUT2D eigenvalue weighted by molar-refractivity contribution is -0.146. The fourth-order valence-corrected chi connectivity index (χ4v) is 5.18. The summed E-state index contributed by atoms with van der Waals surface area (Å²) in [7, 11) is 0. The third kappa shape index (κ3) is 2.61. The summed E-state index contributed by atoms with van der Waals surface area (Å²) in [5.74, 6) is -0.494. The van der Waals surface area contributed by atoms with Crippen LogP contribution in [0.2, 0.25) is 5.02 Å². The molecular formula is C18H18BrClN2O3. The molecule has 1 aromatic rings. The van der Waals surface area contributed by atoms with Crippen molar-refractivity contribution >= 4 is 50.9 Å². The maximum atomic E-state index is 12.8. The second-order valence-corrected chi connectivity index (χ2v) is 8.49. The zero-order valence-electron chi connectivity index (χ0n) is 13.7. The summed E-state index contributed by atoms with van der Waals surface area (Å²) in [5.41, 5.74) is 0.532. The van der Waals surface area contributed by atoms with E-state index in [0.29, 0.717) is 22.5 Å². The van der Waals surface area contributed by atoms with E-state index in [1.54, 1.807) is 25.1 Å². The largest absolute Gasteiger partial charge is 0.324 e. The number of likely N-dealkylation sites (tertiary alicyclic amines) is 1. The van der Waals surface area contributed by atoms with Crippen LogP contribution in [-0.2, 0) is 14.4 Å². The highest BCUT2D eigenvalue weighted by atomic mass is 79.9. The maximum absolute atomic E-state index is 12.8. The number of halogens is 2. The molecule has 5 nitrogen and oxygen atoms in total. The smallest absolute Gasteiger partial charge is 0.247 e. The van der Waals surface area contributed by atoms with Gasteiger partial charge in [0.1, 0.15) is 6.04 Å². The van der Waals surface area contributed by atoms with E-state index in [1.807, 2.05) is 0 Å². The van der Waals surface area contributed by atoms with E-state index in [9.17, 15) is 14.4 Å². The van der Waals surface area contributed by atoms with Crippen molar-refractivity contribution < 1.29 is 14.4 Å². The van der Waals surface area contributed by atoms with E-state index in [-0.39, 0.29) is 29.6 Å². The number of hydrogen-bond donors (Lipinski definition) is 1. The monoisotopic (exact) mass is 424 g/mol. The van der Waals surface area contributed by atoms with Crippen LogP contribution in [0.4, 0.5) is 5.69 Å². The SMILES string of the molecule is C[C@@H](C(=O)Nc1ccc(Br)c(Cl)c1)N1C(=O)[C@H]2[C@@H]3CC[C@@H](C3)[C@@H]2C1=O. The normalized spacial score (nSPS) is 31.4. The molecular weight excluding hydrogens is 408 g/mol. The van der Waals surface area contributed by atoms with Gasteiger partial charge in [-0.2, -0.15) is 0 Å². The Morgan fingerprint density at radius 2 is 1.84 bits per heavy atom. The first-order valence-electron chi connectivity index (χ1n) is 8.51. The van der Waals surface area contributed by atoms with Gasteiger partial charge >= 0.3 is 0 Å². The highest BCUT2D eigenvalue weighted by Gasteiger charge is 2.62. The second-order valence-electron chi connectivity index (χ2n) is 7.23. The van der Waals surface area contributed by atoms with Crippen LogP contribution in [0.5, 0.6) is 0 Å². The van der Waals surface area contributed by atoms with Gasteiger partial charge in [-0.1, -0.05) is 11.6 Å². The molecule has 132 valence electrons. The van der Waals surface area contributed by atoms with E-state index >= 15 is 0 Å². The first kappa shape index (κ1) is 17.0. The third-order valence-electron chi connectivity index (χ3n) is 5.92. The van der Waals surface area contributed by atoms with Crippen molar-refractivity contribution in [3.63, 3.8) is 0 Å². The van der Waals surface area contributed by atoms with Crippen molar-refractivity contribution in [1.29, 1.82) is 0 Å². The topological polar surface area (TPSA) is 66.5 Å². The van der Waals surface area contributed by atoms with Crippen LogP contribution in [0, 0.1) is 23.7 Å². The lowest BCUT2D eigenvalue weighted by atomic mass is 9.81. The van der Waals surface area contributed by atoms with Gasteiger partial charge in [-0.25, -0.2) is 0 Å². The minimum Gasteiger partial charge on any atom is -0.324 e. The average Bonchev–Trinajstić information content (AvgIpc) is 3.24. The molecule has 2 aliphatic carbocycles. The van der Waals surface area contributed by atoms with Gasteiger partial charge in [-0.05, 0) is 72.2 Å². The maximum Gasteiger partial charge on any atom is 0.247 e. The summed E-state index contributed by atoms with van der Waals surface area (Å²) in [4.78, 5) is 39.3. The van der Waals surface area contributed by atoms with Gasteiger partial charge in [0.15, 0.2) is 0 Å². The molecule has 0 aromatic heterocycles. The van der Waals surface area contributed by atoms with Gasteiger partial charge < -0.3 is 5.32 Å². The highest BCUT2D eigenvalue weighted by molar-refractivity contribution is 9.10. The third-order valence-corrected chi connectivity index (χ3v) is 7.15. The lowest BCUT2D eigenvalue weighted by Crippen LogP contribution is -2.46. The summed E-state index contributed by atoms with van der Waals surface area (Å²) in [6.45, 7) is 1.61. The predicted molar refractivity (Wildman–Crippen MR) is 96.9 cm³/mol. The molecule has 3 amide bonds. The molecule has 1 aromatic carbocycles. The van der Waals surface area contributed by atoms with Crippen molar-refractivity contribution in [3.05, 3.63) is 27.7 Å². The number of amides is 3. The summed E-state index contributed by atoms with van der Waals surface area (Å²) in [6.07, 6.45) is 3.03. The fraction of sp³-hybridized carbons (Fsp3) is 0.500. The first-order chi connectivity index (χ1) is 11.9. The van der Waals surface area contributed by atoms with Crippen molar-refractivity contribution in [2.75, 3.05) is 5.32 Å². The number of fused-ring (bicyclic) bond motifs is 5. The lowest BCUT2D eigenvalue weighted by Gasteiger charge is -2.23. The Morgan fingerprint density at radius 1 is 1.24 bits per heavy atom. The van der Waals surface area contributed by atoms with Crippen LogP contribution in [0.3, 0.4) is 0 Å².